The number of fused-ring (bicyclic) bond motifs is 1. The lowest BCUT2D eigenvalue weighted by atomic mass is 9.93. The first kappa shape index (κ1) is 20.0. The predicted molar refractivity (Wildman–Crippen MR) is 113 cm³/mol. The van der Waals surface area contributed by atoms with Gasteiger partial charge in [-0.05, 0) is 60.5 Å². The van der Waals surface area contributed by atoms with Crippen molar-refractivity contribution >= 4 is 17.3 Å². The van der Waals surface area contributed by atoms with Gasteiger partial charge in [0.1, 0.15) is 0 Å². The molecule has 1 aliphatic rings. The molecule has 27 heavy (non-hydrogen) atoms. The number of aromatic nitrogens is 1. The molecule has 0 saturated carbocycles. The minimum absolute atomic E-state index is 0.270. The van der Waals surface area contributed by atoms with Crippen molar-refractivity contribution in [3.8, 4) is 5.88 Å². The van der Waals surface area contributed by atoms with Gasteiger partial charge in [0.25, 0.3) is 0 Å². The second-order valence-corrected chi connectivity index (χ2v) is 8.73. The van der Waals surface area contributed by atoms with E-state index < -0.39 is 0 Å². The lowest BCUT2D eigenvalue weighted by Crippen LogP contribution is -2.16. The van der Waals surface area contributed by atoms with Crippen LogP contribution < -0.4 is 15.4 Å². The first-order valence-electron chi connectivity index (χ1n) is 9.75. The molecule has 0 unspecified atom stereocenters. The number of pyridine rings is 1. The predicted octanol–water partition coefficient (Wildman–Crippen LogP) is 4.85. The molecule has 0 radical (unpaired) electrons. The van der Waals surface area contributed by atoms with Crippen LogP contribution in [0.5, 0.6) is 5.88 Å². The molecule has 5 heteroatoms. The van der Waals surface area contributed by atoms with Gasteiger partial charge in [-0.1, -0.05) is 44.5 Å². The van der Waals surface area contributed by atoms with Crippen molar-refractivity contribution in [2.75, 3.05) is 25.0 Å². The molecule has 0 amide bonds. The van der Waals surface area contributed by atoms with E-state index in [1.54, 1.807) is 0 Å². The SMILES string of the molecule is CC(C)(C)CCOc1ccc(CNc2c(Cl)ccc3c2CCNCC3)cn1. The molecular formula is C22H30ClN3O. The van der Waals surface area contributed by atoms with Crippen molar-refractivity contribution in [1.82, 2.24) is 10.3 Å². The Hall–Kier alpha value is -1.78. The Morgan fingerprint density at radius 2 is 1.96 bits per heavy atom. The van der Waals surface area contributed by atoms with Crippen LogP contribution in [-0.4, -0.2) is 24.7 Å². The molecule has 3 rings (SSSR count). The first-order valence-corrected chi connectivity index (χ1v) is 10.1. The summed E-state index contributed by atoms with van der Waals surface area (Å²) in [5.74, 6) is 0.681. The highest BCUT2D eigenvalue weighted by Gasteiger charge is 2.15. The highest BCUT2D eigenvalue weighted by atomic mass is 35.5. The van der Waals surface area contributed by atoms with E-state index in [4.69, 9.17) is 16.3 Å². The van der Waals surface area contributed by atoms with E-state index in [1.807, 2.05) is 18.3 Å². The normalized spacial score (nSPS) is 14.4. The van der Waals surface area contributed by atoms with Crippen molar-refractivity contribution < 1.29 is 4.74 Å². The Morgan fingerprint density at radius 3 is 2.70 bits per heavy atom. The van der Waals surface area contributed by atoms with Gasteiger partial charge in [0, 0.05) is 18.8 Å². The van der Waals surface area contributed by atoms with E-state index in [9.17, 15) is 0 Å². The van der Waals surface area contributed by atoms with Crippen molar-refractivity contribution in [3.05, 3.63) is 52.2 Å². The summed E-state index contributed by atoms with van der Waals surface area (Å²) in [5, 5.41) is 7.76. The van der Waals surface area contributed by atoms with E-state index in [-0.39, 0.29) is 5.41 Å². The number of hydrogen-bond acceptors (Lipinski definition) is 4. The van der Waals surface area contributed by atoms with Gasteiger partial charge in [0.2, 0.25) is 5.88 Å². The van der Waals surface area contributed by atoms with E-state index in [1.165, 1.54) is 11.1 Å². The van der Waals surface area contributed by atoms with Crippen LogP contribution in [0.4, 0.5) is 5.69 Å². The van der Waals surface area contributed by atoms with Crippen LogP contribution in [0.1, 0.15) is 43.9 Å². The number of nitrogens with zero attached hydrogens (tertiary/aromatic N) is 1. The summed E-state index contributed by atoms with van der Waals surface area (Å²) in [5.41, 5.74) is 5.16. The molecule has 2 N–H and O–H groups in total. The van der Waals surface area contributed by atoms with Gasteiger partial charge < -0.3 is 15.4 Å². The lowest BCUT2D eigenvalue weighted by Gasteiger charge is -2.18. The fourth-order valence-corrected chi connectivity index (χ4v) is 3.43. The summed E-state index contributed by atoms with van der Waals surface area (Å²) in [4.78, 5) is 4.43. The maximum absolute atomic E-state index is 6.48. The van der Waals surface area contributed by atoms with Gasteiger partial charge >= 0.3 is 0 Å². The molecule has 4 nitrogen and oxygen atoms in total. The smallest absolute Gasteiger partial charge is 0.213 e. The number of nitrogens with one attached hydrogen (secondary N) is 2. The highest BCUT2D eigenvalue weighted by Crippen LogP contribution is 2.31. The fourth-order valence-electron chi connectivity index (χ4n) is 3.19. The van der Waals surface area contributed by atoms with Crippen molar-refractivity contribution in [1.29, 1.82) is 0 Å². The Labute approximate surface area is 167 Å². The molecule has 1 aromatic carbocycles. The number of benzene rings is 1. The topological polar surface area (TPSA) is 46.2 Å². The Balaban J connectivity index is 1.60. The Morgan fingerprint density at radius 1 is 1.15 bits per heavy atom. The van der Waals surface area contributed by atoms with Crippen LogP contribution in [-0.2, 0) is 19.4 Å². The molecule has 0 spiro atoms. The average molecular weight is 388 g/mol. The van der Waals surface area contributed by atoms with E-state index >= 15 is 0 Å². The van der Waals surface area contributed by atoms with Crippen LogP contribution in [0.15, 0.2) is 30.5 Å². The molecule has 0 atom stereocenters. The van der Waals surface area contributed by atoms with E-state index in [0.717, 1.165) is 48.6 Å². The molecule has 1 aliphatic heterocycles. The number of rotatable bonds is 6. The zero-order chi connectivity index (χ0) is 19.3. The third-order valence-corrected chi connectivity index (χ3v) is 5.17. The monoisotopic (exact) mass is 387 g/mol. The third-order valence-electron chi connectivity index (χ3n) is 4.85. The molecule has 1 aromatic heterocycles. The average Bonchev–Trinajstić information content (AvgIpc) is 2.86. The zero-order valence-corrected chi connectivity index (χ0v) is 17.3. The maximum atomic E-state index is 6.48. The maximum Gasteiger partial charge on any atom is 0.213 e. The standard InChI is InChI=1S/C22H30ClN3O/c1-22(2,3)10-13-27-20-7-4-16(14-25-20)15-26-21-18-9-12-24-11-8-17(18)5-6-19(21)23/h4-7,14,24,26H,8-13,15H2,1-3H3. The van der Waals surface area contributed by atoms with Crippen LogP contribution >= 0.6 is 11.6 Å². The summed E-state index contributed by atoms with van der Waals surface area (Å²) in [7, 11) is 0. The molecule has 0 bridgehead atoms. The van der Waals surface area contributed by atoms with Gasteiger partial charge in [0.05, 0.1) is 17.3 Å². The molecule has 0 saturated heterocycles. The second-order valence-electron chi connectivity index (χ2n) is 8.33. The van der Waals surface area contributed by atoms with Crippen molar-refractivity contribution in [2.45, 2.75) is 46.6 Å². The molecule has 0 aliphatic carbocycles. The van der Waals surface area contributed by atoms with Crippen LogP contribution in [0.3, 0.4) is 0 Å². The van der Waals surface area contributed by atoms with Gasteiger partial charge in [-0.3, -0.25) is 0 Å². The minimum atomic E-state index is 0.270. The summed E-state index contributed by atoms with van der Waals surface area (Å²) in [6.45, 7) is 10.0. The summed E-state index contributed by atoms with van der Waals surface area (Å²) < 4.78 is 5.75. The minimum Gasteiger partial charge on any atom is -0.478 e. The summed E-state index contributed by atoms with van der Waals surface area (Å²) in [6, 6.07) is 8.15. The van der Waals surface area contributed by atoms with E-state index in [2.05, 4.69) is 48.5 Å². The largest absolute Gasteiger partial charge is 0.478 e. The van der Waals surface area contributed by atoms with Crippen LogP contribution in [0.25, 0.3) is 0 Å². The third kappa shape index (κ3) is 5.85. The molecule has 2 aromatic rings. The van der Waals surface area contributed by atoms with E-state index in [0.29, 0.717) is 19.0 Å². The number of anilines is 1. The number of hydrogen-bond donors (Lipinski definition) is 2. The van der Waals surface area contributed by atoms with Crippen LogP contribution in [0.2, 0.25) is 5.02 Å². The molecular weight excluding hydrogens is 358 g/mol. The zero-order valence-electron chi connectivity index (χ0n) is 16.6. The molecule has 146 valence electrons. The van der Waals surface area contributed by atoms with Crippen molar-refractivity contribution in [3.63, 3.8) is 0 Å². The Bertz CT molecular complexity index is 753. The van der Waals surface area contributed by atoms with Gasteiger partial charge in [0.15, 0.2) is 0 Å². The first-order chi connectivity index (χ1) is 12.9. The molecule has 2 heterocycles. The number of halogens is 1. The summed E-state index contributed by atoms with van der Waals surface area (Å²) >= 11 is 6.48. The Kier molecular flexibility index (Phi) is 6.61. The second kappa shape index (κ2) is 8.94. The quantitative estimate of drug-likeness (QED) is 0.743. The fraction of sp³-hybridized carbons (Fsp3) is 0.500. The summed E-state index contributed by atoms with van der Waals surface area (Å²) in [6.07, 6.45) is 4.92. The number of ether oxygens (including phenoxy) is 1. The van der Waals surface area contributed by atoms with Crippen LogP contribution in [0, 0.1) is 5.41 Å². The highest BCUT2D eigenvalue weighted by molar-refractivity contribution is 6.33. The van der Waals surface area contributed by atoms with Gasteiger partial charge in [-0.25, -0.2) is 4.98 Å². The lowest BCUT2D eigenvalue weighted by molar-refractivity contribution is 0.236. The van der Waals surface area contributed by atoms with Gasteiger partial charge in [-0.2, -0.15) is 0 Å². The molecule has 0 fully saturated rings. The van der Waals surface area contributed by atoms with Gasteiger partial charge in [-0.15, -0.1) is 0 Å². The van der Waals surface area contributed by atoms with Crippen molar-refractivity contribution in [2.24, 2.45) is 5.41 Å².